The molecule has 6 nitrogen and oxygen atoms in total. The van der Waals surface area contributed by atoms with Crippen LogP contribution in [0.1, 0.15) is 17.0 Å². The summed E-state index contributed by atoms with van der Waals surface area (Å²) in [5.74, 6) is 0.624. The third-order valence-electron chi connectivity index (χ3n) is 4.57. The summed E-state index contributed by atoms with van der Waals surface area (Å²) in [6.45, 7) is 4.76. The van der Waals surface area contributed by atoms with E-state index in [-0.39, 0.29) is 5.56 Å². The average molecular weight is 348 g/mol. The van der Waals surface area contributed by atoms with Crippen molar-refractivity contribution in [1.82, 2.24) is 19.8 Å². The fourth-order valence-electron chi connectivity index (χ4n) is 3.37. The Bertz CT molecular complexity index is 1160. The van der Waals surface area contributed by atoms with E-state index < -0.39 is 0 Å². The van der Waals surface area contributed by atoms with Crippen LogP contribution in [0.4, 0.5) is 0 Å². The Hall–Kier alpha value is -2.99. The van der Waals surface area contributed by atoms with Gasteiger partial charge in [0.2, 0.25) is 0 Å². The molecule has 0 amide bonds. The van der Waals surface area contributed by atoms with Gasteiger partial charge in [-0.05, 0) is 43.3 Å². The van der Waals surface area contributed by atoms with Crippen molar-refractivity contribution in [2.75, 3.05) is 7.05 Å². The molecule has 0 aliphatic carbocycles. The van der Waals surface area contributed by atoms with Gasteiger partial charge in [-0.3, -0.25) is 9.69 Å². The minimum atomic E-state index is -0.229. The zero-order chi connectivity index (χ0) is 18.3. The lowest BCUT2D eigenvalue weighted by atomic mass is 10.1. The fraction of sp³-hybridized carbons (Fsp3) is 0.250. The van der Waals surface area contributed by atoms with E-state index >= 15 is 0 Å². The molecule has 0 fully saturated rings. The predicted octanol–water partition coefficient (Wildman–Crippen LogP) is 3.24. The van der Waals surface area contributed by atoms with E-state index in [0.29, 0.717) is 29.9 Å². The highest BCUT2D eigenvalue weighted by Gasteiger charge is 2.15. The quantitative estimate of drug-likeness (QED) is 0.566. The SMILES string of the molecule is Cc1nn(CN(C)Cc2ccc3ccccc3c2)c(=O)c2noc(C)c12. The van der Waals surface area contributed by atoms with Crippen LogP contribution < -0.4 is 5.56 Å². The van der Waals surface area contributed by atoms with Gasteiger partial charge >= 0.3 is 0 Å². The highest BCUT2D eigenvalue weighted by atomic mass is 16.5. The number of hydrogen-bond donors (Lipinski definition) is 0. The molecule has 0 saturated carbocycles. The molecule has 2 aromatic heterocycles. The molecule has 0 unspecified atom stereocenters. The lowest BCUT2D eigenvalue weighted by Gasteiger charge is -2.18. The van der Waals surface area contributed by atoms with Crippen molar-refractivity contribution < 1.29 is 4.52 Å². The van der Waals surface area contributed by atoms with Gasteiger partial charge in [0.05, 0.1) is 17.7 Å². The van der Waals surface area contributed by atoms with E-state index in [4.69, 9.17) is 4.52 Å². The minimum Gasteiger partial charge on any atom is -0.360 e. The van der Waals surface area contributed by atoms with Crippen molar-refractivity contribution >= 4 is 21.7 Å². The van der Waals surface area contributed by atoms with Crippen molar-refractivity contribution in [1.29, 1.82) is 0 Å². The summed E-state index contributed by atoms with van der Waals surface area (Å²) in [5, 5.41) is 11.5. The monoisotopic (exact) mass is 348 g/mol. The molecule has 0 radical (unpaired) electrons. The number of nitrogens with zero attached hydrogens (tertiary/aromatic N) is 4. The standard InChI is InChI=1S/C20H20N4O2/c1-13-18-14(2)26-22-19(18)20(25)24(21-13)12-23(3)11-15-8-9-16-6-4-5-7-17(16)10-15/h4-10H,11-12H2,1-3H3. The van der Waals surface area contributed by atoms with Crippen LogP contribution in [0, 0.1) is 13.8 Å². The van der Waals surface area contributed by atoms with E-state index in [1.54, 1.807) is 6.92 Å². The number of benzene rings is 2. The van der Waals surface area contributed by atoms with Crippen molar-refractivity contribution in [3.63, 3.8) is 0 Å². The number of fused-ring (bicyclic) bond motifs is 2. The molecule has 2 heterocycles. The molecule has 0 bridgehead atoms. The first kappa shape index (κ1) is 16.5. The van der Waals surface area contributed by atoms with Gasteiger partial charge in [-0.2, -0.15) is 5.10 Å². The molecule has 0 spiro atoms. The summed E-state index contributed by atoms with van der Waals surface area (Å²) in [6, 6.07) is 14.7. The summed E-state index contributed by atoms with van der Waals surface area (Å²) in [4.78, 5) is 14.7. The summed E-state index contributed by atoms with van der Waals surface area (Å²) in [5.41, 5.74) is 2.05. The Kier molecular flexibility index (Phi) is 4.05. The van der Waals surface area contributed by atoms with Gasteiger partial charge in [0.1, 0.15) is 5.76 Å². The first-order valence-corrected chi connectivity index (χ1v) is 8.53. The molecule has 26 heavy (non-hydrogen) atoms. The topological polar surface area (TPSA) is 64.2 Å². The summed E-state index contributed by atoms with van der Waals surface area (Å²) < 4.78 is 6.60. The van der Waals surface area contributed by atoms with Crippen LogP contribution in [-0.2, 0) is 13.2 Å². The first-order valence-electron chi connectivity index (χ1n) is 8.53. The lowest BCUT2D eigenvalue weighted by Crippen LogP contribution is -2.32. The third kappa shape index (κ3) is 2.88. The van der Waals surface area contributed by atoms with Crippen LogP contribution in [0.15, 0.2) is 51.8 Å². The number of rotatable bonds is 4. The zero-order valence-corrected chi connectivity index (χ0v) is 15.1. The average Bonchev–Trinajstić information content (AvgIpc) is 3.02. The van der Waals surface area contributed by atoms with Gasteiger partial charge in [-0.15, -0.1) is 0 Å². The number of aryl methyl sites for hydroxylation is 2. The van der Waals surface area contributed by atoms with Gasteiger partial charge < -0.3 is 4.52 Å². The second kappa shape index (κ2) is 6.38. The highest BCUT2D eigenvalue weighted by Crippen LogP contribution is 2.18. The Morgan fingerprint density at radius 3 is 2.69 bits per heavy atom. The third-order valence-corrected chi connectivity index (χ3v) is 4.57. The van der Waals surface area contributed by atoms with Crippen LogP contribution in [0.25, 0.3) is 21.7 Å². The van der Waals surface area contributed by atoms with Gasteiger partial charge in [-0.1, -0.05) is 41.6 Å². The van der Waals surface area contributed by atoms with Crippen molar-refractivity contribution in [2.45, 2.75) is 27.1 Å². The Labute approximate surface area is 150 Å². The van der Waals surface area contributed by atoms with Gasteiger partial charge in [0, 0.05) is 6.54 Å². The van der Waals surface area contributed by atoms with Crippen LogP contribution in [0.5, 0.6) is 0 Å². The molecule has 0 atom stereocenters. The van der Waals surface area contributed by atoms with Gasteiger partial charge in [0.25, 0.3) is 5.56 Å². The second-order valence-electron chi connectivity index (χ2n) is 6.69. The molecule has 132 valence electrons. The van der Waals surface area contributed by atoms with E-state index in [9.17, 15) is 4.79 Å². The Morgan fingerprint density at radius 2 is 1.88 bits per heavy atom. The molecule has 0 saturated heterocycles. The summed E-state index contributed by atoms with van der Waals surface area (Å²) >= 11 is 0. The predicted molar refractivity (Wildman–Crippen MR) is 101 cm³/mol. The van der Waals surface area contributed by atoms with Crippen molar-refractivity contribution in [2.24, 2.45) is 0 Å². The number of aromatic nitrogens is 3. The molecule has 2 aromatic carbocycles. The largest absolute Gasteiger partial charge is 0.360 e. The summed E-state index contributed by atoms with van der Waals surface area (Å²) in [7, 11) is 1.97. The van der Waals surface area contributed by atoms with Crippen molar-refractivity contribution in [3.05, 3.63) is 69.8 Å². The minimum absolute atomic E-state index is 0.229. The van der Waals surface area contributed by atoms with E-state index in [2.05, 4.69) is 45.5 Å². The van der Waals surface area contributed by atoms with Crippen LogP contribution in [0.2, 0.25) is 0 Å². The molecule has 4 rings (SSSR count). The molecular formula is C20H20N4O2. The molecule has 0 aliphatic rings. The van der Waals surface area contributed by atoms with Gasteiger partial charge in [-0.25, -0.2) is 4.68 Å². The maximum atomic E-state index is 12.6. The maximum Gasteiger partial charge on any atom is 0.298 e. The molecule has 0 N–H and O–H groups in total. The van der Waals surface area contributed by atoms with Crippen LogP contribution in [-0.4, -0.2) is 26.9 Å². The Balaban J connectivity index is 1.59. The van der Waals surface area contributed by atoms with Crippen LogP contribution >= 0.6 is 0 Å². The highest BCUT2D eigenvalue weighted by molar-refractivity contribution is 5.83. The smallest absolute Gasteiger partial charge is 0.298 e. The molecule has 4 aromatic rings. The molecular weight excluding hydrogens is 328 g/mol. The normalized spacial score (nSPS) is 11.7. The lowest BCUT2D eigenvalue weighted by molar-refractivity contribution is 0.240. The summed E-state index contributed by atoms with van der Waals surface area (Å²) in [6.07, 6.45) is 0. The number of hydrogen-bond acceptors (Lipinski definition) is 5. The van der Waals surface area contributed by atoms with E-state index in [0.717, 1.165) is 5.69 Å². The molecule has 6 heteroatoms. The Morgan fingerprint density at radius 1 is 1.12 bits per heavy atom. The first-order chi connectivity index (χ1) is 12.5. The van der Waals surface area contributed by atoms with Crippen molar-refractivity contribution in [3.8, 4) is 0 Å². The maximum absolute atomic E-state index is 12.6. The van der Waals surface area contributed by atoms with E-state index in [1.165, 1.54) is 21.0 Å². The van der Waals surface area contributed by atoms with Gasteiger partial charge in [0.15, 0.2) is 5.52 Å². The molecule has 0 aliphatic heterocycles. The fourth-order valence-corrected chi connectivity index (χ4v) is 3.37. The van der Waals surface area contributed by atoms with Crippen LogP contribution in [0.3, 0.4) is 0 Å². The second-order valence-corrected chi connectivity index (χ2v) is 6.69. The zero-order valence-electron chi connectivity index (χ0n) is 15.1. The van der Waals surface area contributed by atoms with E-state index in [1.807, 2.05) is 26.1 Å².